The van der Waals surface area contributed by atoms with Crippen LogP contribution in [0.15, 0.2) is 43.0 Å². The lowest BCUT2D eigenvalue weighted by Gasteiger charge is -2.21. The second-order valence-electron chi connectivity index (χ2n) is 5.73. The first-order valence-electron chi connectivity index (χ1n) is 7.99. The van der Waals surface area contributed by atoms with Gasteiger partial charge in [0.1, 0.15) is 0 Å². The van der Waals surface area contributed by atoms with E-state index in [-0.39, 0.29) is 37.5 Å². The van der Waals surface area contributed by atoms with Crippen LogP contribution in [0.1, 0.15) is 31.4 Å². The molecule has 4 N–H and O–H groups in total. The van der Waals surface area contributed by atoms with Gasteiger partial charge in [-0.25, -0.2) is 0 Å². The van der Waals surface area contributed by atoms with Crippen molar-refractivity contribution in [1.82, 2.24) is 10.6 Å². The van der Waals surface area contributed by atoms with Gasteiger partial charge in [-0.05, 0) is 18.9 Å². The third kappa shape index (κ3) is 6.52. The van der Waals surface area contributed by atoms with E-state index in [2.05, 4.69) is 17.2 Å². The van der Waals surface area contributed by atoms with Crippen LogP contribution in [0.3, 0.4) is 0 Å². The molecule has 0 fully saturated rings. The molecule has 0 bridgehead atoms. The van der Waals surface area contributed by atoms with Gasteiger partial charge in [0.05, 0.1) is 25.2 Å². The van der Waals surface area contributed by atoms with Gasteiger partial charge in [0.25, 0.3) is 0 Å². The molecular formula is C18H26N2O4. The summed E-state index contributed by atoms with van der Waals surface area (Å²) in [7, 11) is 0. The highest BCUT2D eigenvalue weighted by Crippen LogP contribution is 2.16. The number of rotatable bonds is 10. The summed E-state index contributed by atoms with van der Waals surface area (Å²) in [5, 5.41) is 23.9. The number of allylic oxidation sites excluding steroid dienone is 1. The van der Waals surface area contributed by atoms with Crippen molar-refractivity contribution >= 4 is 11.8 Å². The van der Waals surface area contributed by atoms with E-state index in [0.29, 0.717) is 6.42 Å². The fourth-order valence-electron chi connectivity index (χ4n) is 2.30. The monoisotopic (exact) mass is 334 g/mol. The Balaban J connectivity index is 2.71. The van der Waals surface area contributed by atoms with E-state index in [1.807, 2.05) is 30.3 Å². The van der Waals surface area contributed by atoms with Gasteiger partial charge in [-0.15, -0.1) is 6.58 Å². The van der Waals surface area contributed by atoms with Crippen LogP contribution < -0.4 is 10.6 Å². The third-order valence-corrected chi connectivity index (χ3v) is 3.64. The Morgan fingerprint density at radius 3 is 2.38 bits per heavy atom. The Hall–Kier alpha value is -2.18. The molecule has 0 saturated carbocycles. The number of aliphatic hydroxyl groups is 2. The summed E-state index contributed by atoms with van der Waals surface area (Å²) < 4.78 is 0. The minimum absolute atomic E-state index is 0.00483. The van der Waals surface area contributed by atoms with Gasteiger partial charge in [0.2, 0.25) is 11.8 Å². The molecule has 1 aromatic rings. The number of carbonyl (C=O) groups excluding carboxylic acids is 2. The van der Waals surface area contributed by atoms with Gasteiger partial charge in [-0.3, -0.25) is 9.59 Å². The number of hydrogen-bond donors (Lipinski definition) is 4. The first-order chi connectivity index (χ1) is 11.5. The van der Waals surface area contributed by atoms with E-state index in [0.717, 1.165) is 5.56 Å². The lowest BCUT2D eigenvalue weighted by atomic mass is 9.98. The fraction of sp³-hybridized carbons (Fsp3) is 0.444. The molecule has 0 aliphatic heterocycles. The van der Waals surface area contributed by atoms with E-state index < -0.39 is 12.0 Å². The Kier molecular flexibility index (Phi) is 8.75. The van der Waals surface area contributed by atoms with E-state index in [9.17, 15) is 14.7 Å². The van der Waals surface area contributed by atoms with Gasteiger partial charge >= 0.3 is 0 Å². The zero-order valence-electron chi connectivity index (χ0n) is 13.9. The zero-order chi connectivity index (χ0) is 17.9. The van der Waals surface area contributed by atoms with Gasteiger partial charge in [0, 0.05) is 12.5 Å². The molecule has 0 aliphatic rings. The van der Waals surface area contributed by atoms with Crippen molar-refractivity contribution in [3.05, 3.63) is 48.6 Å². The number of benzene rings is 1. The number of nitrogens with one attached hydrogen (secondary N) is 2. The standard InChI is InChI=1S/C18H26N2O4/c1-3-7-15(10-17(23)19-13(2)11-21)18(24)20-16(12-22)14-8-5-4-6-9-14/h3-6,8-9,13,15-16,21-22H,1,7,10-12H2,2H3,(H,19,23)(H,20,24)/t13-,15-,16-/m1/s1. The largest absolute Gasteiger partial charge is 0.394 e. The van der Waals surface area contributed by atoms with E-state index in [1.165, 1.54) is 0 Å². The average molecular weight is 334 g/mol. The summed E-state index contributed by atoms with van der Waals surface area (Å²) >= 11 is 0. The van der Waals surface area contributed by atoms with Crippen molar-refractivity contribution in [2.45, 2.75) is 31.8 Å². The number of carbonyl (C=O) groups is 2. The predicted molar refractivity (Wildman–Crippen MR) is 92.0 cm³/mol. The van der Waals surface area contributed by atoms with Crippen molar-refractivity contribution in [2.75, 3.05) is 13.2 Å². The summed E-state index contributed by atoms with van der Waals surface area (Å²) in [6.45, 7) is 4.91. The molecule has 132 valence electrons. The molecule has 2 amide bonds. The minimum Gasteiger partial charge on any atom is -0.394 e. The maximum absolute atomic E-state index is 12.5. The summed E-state index contributed by atoms with van der Waals surface area (Å²) in [6, 6.07) is 8.26. The molecule has 0 aromatic heterocycles. The van der Waals surface area contributed by atoms with Crippen molar-refractivity contribution in [3.8, 4) is 0 Å². The molecule has 3 atom stereocenters. The highest BCUT2D eigenvalue weighted by Gasteiger charge is 2.24. The van der Waals surface area contributed by atoms with Crippen LogP contribution in [0, 0.1) is 5.92 Å². The van der Waals surface area contributed by atoms with Gasteiger partial charge < -0.3 is 20.8 Å². The molecule has 24 heavy (non-hydrogen) atoms. The normalized spacial score (nSPS) is 14.3. The molecule has 0 saturated heterocycles. The molecule has 0 radical (unpaired) electrons. The Morgan fingerprint density at radius 2 is 1.83 bits per heavy atom. The highest BCUT2D eigenvalue weighted by molar-refractivity contribution is 5.86. The molecule has 0 unspecified atom stereocenters. The third-order valence-electron chi connectivity index (χ3n) is 3.64. The lowest BCUT2D eigenvalue weighted by molar-refractivity contribution is -0.131. The zero-order valence-corrected chi connectivity index (χ0v) is 13.9. The maximum atomic E-state index is 12.5. The van der Waals surface area contributed by atoms with Gasteiger partial charge in [0.15, 0.2) is 0 Å². The van der Waals surface area contributed by atoms with E-state index >= 15 is 0 Å². The second-order valence-corrected chi connectivity index (χ2v) is 5.73. The van der Waals surface area contributed by atoms with E-state index in [1.54, 1.807) is 13.0 Å². The Bertz CT molecular complexity index is 533. The molecule has 6 nitrogen and oxygen atoms in total. The topological polar surface area (TPSA) is 98.7 Å². The highest BCUT2D eigenvalue weighted by atomic mass is 16.3. The SMILES string of the molecule is C=CC[C@H](CC(=O)N[C@H](C)CO)C(=O)N[C@H](CO)c1ccccc1. The summed E-state index contributed by atoms with van der Waals surface area (Å²) in [5.41, 5.74) is 0.795. The van der Waals surface area contributed by atoms with Crippen LogP contribution in [-0.4, -0.2) is 41.3 Å². The van der Waals surface area contributed by atoms with Crippen LogP contribution in [0.2, 0.25) is 0 Å². The smallest absolute Gasteiger partial charge is 0.224 e. The Labute approximate surface area is 142 Å². The van der Waals surface area contributed by atoms with Gasteiger partial charge in [-0.2, -0.15) is 0 Å². The summed E-state index contributed by atoms with van der Waals surface area (Å²) in [6.07, 6.45) is 1.93. The molecule has 0 aliphatic carbocycles. The van der Waals surface area contributed by atoms with Crippen LogP contribution in [0.4, 0.5) is 0 Å². The van der Waals surface area contributed by atoms with Crippen molar-refractivity contribution < 1.29 is 19.8 Å². The average Bonchev–Trinajstić information content (AvgIpc) is 2.59. The molecule has 1 aromatic carbocycles. The molecule has 0 spiro atoms. The van der Waals surface area contributed by atoms with Crippen LogP contribution in [0.5, 0.6) is 0 Å². The lowest BCUT2D eigenvalue weighted by Crippen LogP contribution is -2.40. The van der Waals surface area contributed by atoms with Crippen LogP contribution >= 0.6 is 0 Å². The quantitative estimate of drug-likeness (QED) is 0.478. The summed E-state index contributed by atoms with van der Waals surface area (Å²) in [5.74, 6) is -1.20. The maximum Gasteiger partial charge on any atom is 0.224 e. The van der Waals surface area contributed by atoms with Crippen LogP contribution in [0.25, 0.3) is 0 Å². The second kappa shape index (κ2) is 10.6. The molecule has 6 heteroatoms. The van der Waals surface area contributed by atoms with Gasteiger partial charge in [-0.1, -0.05) is 36.4 Å². The molecular weight excluding hydrogens is 308 g/mol. The Morgan fingerprint density at radius 1 is 1.17 bits per heavy atom. The predicted octanol–water partition coefficient (Wildman–Crippen LogP) is 0.916. The minimum atomic E-state index is -0.578. The number of hydrogen-bond acceptors (Lipinski definition) is 4. The number of aliphatic hydroxyl groups excluding tert-OH is 2. The molecule has 0 heterocycles. The number of amides is 2. The fourth-order valence-corrected chi connectivity index (χ4v) is 2.30. The van der Waals surface area contributed by atoms with E-state index in [4.69, 9.17) is 5.11 Å². The molecule has 1 rings (SSSR count). The first-order valence-corrected chi connectivity index (χ1v) is 7.99. The van der Waals surface area contributed by atoms with Crippen molar-refractivity contribution in [3.63, 3.8) is 0 Å². The van der Waals surface area contributed by atoms with Crippen molar-refractivity contribution in [2.24, 2.45) is 5.92 Å². The first kappa shape index (κ1) is 19.9. The van der Waals surface area contributed by atoms with Crippen molar-refractivity contribution in [1.29, 1.82) is 0 Å². The van der Waals surface area contributed by atoms with Crippen LogP contribution in [-0.2, 0) is 9.59 Å². The summed E-state index contributed by atoms with van der Waals surface area (Å²) in [4.78, 5) is 24.4.